The second-order valence-electron chi connectivity index (χ2n) is 5.90. The van der Waals surface area contributed by atoms with Gasteiger partial charge in [0.25, 0.3) is 0 Å². The Hall–Kier alpha value is -0.0800. The van der Waals surface area contributed by atoms with Crippen LogP contribution in [0.25, 0.3) is 0 Å². The van der Waals surface area contributed by atoms with Gasteiger partial charge in [0.05, 0.1) is 6.10 Å². The number of rotatable bonds is 5. The van der Waals surface area contributed by atoms with Gasteiger partial charge < -0.3 is 9.64 Å². The predicted molar refractivity (Wildman–Crippen MR) is 72.3 cm³/mol. The van der Waals surface area contributed by atoms with E-state index in [0.29, 0.717) is 6.10 Å². The van der Waals surface area contributed by atoms with E-state index in [1.807, 2.05) is 7.11 Å². The molecule has 2 rings (SSSR count). The lowest BCUT2D eigenvalue weighted by molar-refractivity contribution is 0.0463. The van der Waals surface area contributed by atoms with Gasteiger partial charge in [-0.2, -0.15) is 0 Å². The molecule has 0 unspecified atom stereocenters. The van der Waals surface area contributed by atoms with Gasteiger partial charge in [0.15, 0.2) is 0 Å². The quantitative estimate of drug-likeness (QED) is 0.728. The van der Waals surface area contributed by atoms with Gasteiger partial charge in [-0.15, -0.1) is 0 Å². The fraction of sp³-hybridized carbons (Fsp3) is 1.00. The van der Waals surface area contributed by atoms with Crippen molar-refractivity contribution >= 4 is 0 Å². The Morgan fingerprint density at radius 1 is 1.00 bits per heavy atom. The van der Waals surface area contributed by atoms with E-state index < -0.39 is 0 Å². The third kappa shape index (κ3) is 3.69. The first-order valence-corrected chi connectivity index (χ1v) is 7.60. The predicted octanol–water partition coefficient (Wildman–Crippen LogP) is 3.46. The van der Waals surface area contributed by atoms with E-state index in [9.17, 15) is 0 Å². The summed E-state index contributed by atoms with van der Waals surface area (Å²) in [7, 11) is 1.86. The molecule has 0 amide bonds. The molecule has 0 aliphatic heterocycles. The van der Waals surface area contributed by atoms with Crippen LogP contribution in [0.4, 0.5) is 0 Å². The first-order chi connectivity index (χ1) is 8.33. The van der Waals surface area contributed by atoms with Crippen molar-refractivity contribution < 1.29 is 4.74 Å². The lowest BCUT2D eigenvalue weighted by Crippen LogP contribution is -2.38. The van der Waals surface area contributed by atoms with Crippen LogP contribution in [0.5, 0.6) is 0 Å². The van der Waals surface area contributed by atoms with Gasteiger partial charge in [-0.1, -0.05) is 19.8 Å². The highest BCUT2D eigenvalue weighted by atomic mass is 16.5. The van der Waals surface area contributed by atoms with E-state index in [1.165, 1.54) is 64.5 Å². The van der Waals surface area contributed by atoms with Crippen LogP contribution >= 0.6 is 0 Å². The van der Waals surface area contributed by atoms with Gasteiger partial charge >= 0.3 is 0 Å². The Labute approximate surface area is 107 Å². The summed E-state index contributed by atoms with van der Waals surface area (Å²) in [6.07, 6.45) is 11.7. The van der Waals surface area contributed by atoms with Crippen LogP contribution in [-0.4, -0.2) is 37.2 Å². The van der Waals surface area contributed by atoms with Crippen molar-refractivity contribution in [2.75, 3.05) is 20.2 Å². The lowest BCUT2D eigenvalue weighted by atomic mass is 9.86. The smallest absolute Gasteiger partial charge is 0.0571 e. The highest BCUT2D eigenvalue weighted by molar-refractivity contribution is 4.81. The van der Waals surface area contributed by atoms with Crippen molar-refractivity contribution in [3.63, 3.8) is 0 Å². The van der Waals surface area contributed by atoms with Gasteiger partial charge in [0.1, 0.15) is 0 Å². The molecule has 2 saturated carbocycles. The maximum Gasteiger partial charge on any atom is 0.0571 e. The average molecular weight is 239 g/mol. The molecule has 0 aromatic heterocycles. The van der Waals surface area contributed by atoms with E-state index in [-0.39, 0.29) is 0 Å². The number of nitrogens with zero attached hydrogens (tertiary/aromatic N) is 1. The molecule has 100 valence electrons. The number of hydrogen-bond donors (Lipinski definition) is 0. The third-order valence-corrected chi connectivity index (χ3v) is 4.87. The molecule has 2 aliphatic rings. The van der Waals surface area contributed by atoms with Crippen molar-refractivity contribution in [2.24, 2.45) is 5.92 Å². The van der Waals surface area contributed by atoms with Gasteiger partial charge in [-0.3, -0.25) is 0 Å². The van der Waals surface area contributed by atoms with Crippen LogP contribution < -0.4 is 0 Å². The molecule has 0 saturated heterocycles. The molecule has 0 radical (unpaired) electrons. The zero-order valence-corrected chi connectivity index (χ0v) is 11.7. The van der Waals surface area contributed by atoms with E-state index in [2.05, 4.69) is 11.8 Å². The van der Waals surface area contributed by atoms with Crippen LogP contribution in [0.3, 0.4) is 0 Å². The van der Waals surface area contributed by atoms with Crippen molar-refractivity contribution in [2.45, 2.75) is 70.4 Å². The molecule has 0 atom stereocenters. The molecule has 0 bridgehead atoms. The molecule has 0 spiro atoms. The van der Waals surface area contributed by atoms with Crippen LogP contribution in [-0.2, 0) is 4.74 Å². The standard InChI is InChI=1S/C15H29NO/c1-3-16(14-6-4-5-7-14)12-13-8-10-15(17-2)11-9-13/h13-15H,3-12H2,1-2H3. The molecule has 0 aromatic rings. The maximum absolute atomic E-state index is 5.46. The summed E-state index contributed by atoms with van der Waals surface area (Å²) in [6.45, 7) is 4.92. The zero-order valence-electron chi connectivity index (χ0n) is 11.7. The number of ether oxygens (including phenoxy) is 1. The van der Waals surface area contributed by atoms with E-state index in [4.69, 9.17) is 4.74 Å². The first-order valence-electron chi connectivity index (χ1n) is 7.60. The summed E-state index contributed by atoms with van der Waals surface area (Å²) in [4.78, 5) is 2.75. The largest absolute Gasteiger partial charge is 0.381 e. The first kappa shape index (κ1) is 13.4. The summed E-state index contributed by atoms with van der Waals surface area (Å²) >= 11 is 0. The van der Waals surface area contributed by atoms with Gasteiger partial charge in [0.2, 0.25) is 0 Å². The Balaban J connectivity index is 1.75. The van der Waals surface area contributed by atoms with Crippen molar-refractivity contribution in [3.8, 4) is 0 Å². The molecule has 0 N–H and O–H groups in total. The Kier molecular flexibility index (Phi) is 5.30. The zero-order chi connectivity index (χ0) is 12.1. The molecule has 2 nitrogen and oxygen atoms in total. The summed E-state index contributed by atoms with van der Waals surface area (Å²) < 4.78 is 5.46. The monoisotopic (exact) mass is 239 g/mol. The second kappa shape index (κ2) is 6.75. The van der Waals surface area contributed by atoms with Crippen LogP contribution in [0, 0.1) is 5.92 Å². The van der Waals surface area contributed by atoms with Crippen molar-refractivity contribution in [1.29, 1.82) is 0 Å². The topological polar surface area (TPSA) is 12.5 Å². The molecule has 17 heavy (non-hydrogen) atoms. The lowest BCUT2D eigenvalue weighted by Gasteiger charge is -2.34. The third-order valence-electron chi connectivity index (χ3n) is 4.87. The molecular formula is C15H29NO. The van der Waals surface area contributed by atoms with E-state index in [0.717, 1.165) is 12.0 Å². The van der Waals surface area contributed by atoms with Gasteiger partial charge in [0, 0.05) is 19.7 Å². The molecule has 0 aromatic carbocycles. The summed E-state index contributed by atoms with van der Waals surface area (Å²) in [5.74, 6) is 0.932. The minimum absolute atomic E-state index is 0.549. The van der Waals surface area contributed by atoms with Crippen LogP contribution in [0.2, 0.25) is 0 Å². The van der Waals surface area contributed by atoms with Gasteiger partial charge in [-0.25, -0.2) is 0 Å². The Morgan fingerprint density at radius 3 is 2.18 bits per heavy atom. The van der Waals surface area contributed by atoms with E-state index in [1.54, 1.807) is 0 Å². The van der Waals surface area contributed by atoms with E-state index >= 15 is 0 Å². The number of hydrogen-bond acceptors (Lipinski definition) is 2. The fourth-order valence-electron chi connectivity index (χ4n) is 3.69. The highest BCUT2D eigenvalue weighted by Gasteiger charge is 2.26. The normalized spacial score (nSPS) is 31.2. The molecular weight excluding hydrogens is 210 g/mol. The second-order valence-corrected chi connectivity index (χ2v) is 5.90. The van der Waals surface area contributed by atoms with Gasteiger partial charge in [-0.05, 0) is 51.0 Å². The molecule has 2 heteroatoms. The maximum atomic E-state index is 5.46. The fourth-order valence-corrected chi connectivity index (χ4v) is 3.69. The molecule has 0 heterocycles. The minimum Gasteiger partial charge on any atom is -0.381 e. The average Bonchev–Trinajstić information content (AvgIpc) is 2.90. The molecule has 2 fully saturated rings. The minimum atomic E-state index is 0.549. The summed E-state index contributed by atoms with van der Waals surface area (Å²) in [5.41, 5.74) is 0. The van der Waals surface area contributed by atoms with Crippen molar-refractivity contribution in [1.82, 2.24) is 4.90 Å². The van der Waals surface area contributed by atoms with Crippen LogP contribution in [0.1, 0.15) is 58.3 Å². The SMILES string of the molecule is CCN(CC1CCC(OC)CC1)C1CCCC1. The highest BCUT2D eigenvalue weighted by Crippen LogP contribution is 2.29. The number of methoxy groups -OCH3 is 1. The molecule has 2 aliphatic carbocycles. The summed E-state index contributed by atoms with van der Waals surface area (Å²) in [5, 5.41) is 0. The van der Waals surface area contributed by atoms with Crippen LogP contribution in [0.15, 0.2) is 0 Å². The Morgan fingerprint density at radius 2 is 1.65 bits per heavy atom. The summed E-state index contributed by atoms with van der Waals surface area (Å²) in [6, 6.07) is 0.903. The Bertz CT molecular complexity index is 205. The van der Waals surface area contributed by atoms with Crippen molar-refractivity contribution in [3.05, 3.63) is 0 Å².